The first-order valence-corrected chi connectivity index (χ1v) is 7.69. The Kier molecular flexibility index (Phi) is 5.04. The maximum Gasteiger partial charge on any atom is 0.308 e. The zero-order valence-corrected chi connectivity index (χ0v) is 11.6. The van der Waals surface area contributed by atoms with Gasteiger partial charge in [0.05, 0.1) is 5.92 Å². The van der Waals surface area contributed by atoms with Crippen molar-refractivity contribution in [1.29, 1.82) is 0 Å². The van der Waals surface area contributed by atoms with Crippen LogP contribution in [0.3, 0.4) is 0 Å². The van der Waals surface area contributed by atoms with Crippen molar-refractivity contribution in [2.75, 3.05) is 13.1 Å². The van der Waals surface area contributed by atoms with Gasteiger partial charge < -0.3 is 5.11 Å². The van der Waals surface area contributed by atoms with Gasteiger partial charge in [-0.1, -0.05) is 26.2 Å². The second-order valence-corrected chi connectivity index (χ2v) is 6.04. The Balaban J connectivity index is 1.97. The number of likely N-dealkylation sites (tertiary alicyclic amines) is 1. The SMILES string of the molecule is CCC1CCCN(C2CCCCC2C(=O)O)CC1. The molecule has 3 heteroatoms. The number of rotatable bonds is 3. The van der Waals surface area contributed by atoms with E-state index >= 15 is 0 Å². The molecule has 104 valence electrons. The summed E-state index contributed by atoms with van der Waals surface area (Å²) in [5.41, 5.74) is 0. The largest absolute Gasteiger partial charge is 0.481 e. The lowest BCUT2D eigenvalue weighted by atomic mass is 9.83. The van der Waals surface area contributed by atoms with E-state index in [9.17, 15) is 9.90 Å². The number of hydrogen-bond acceptors (Lipinski definition) is 2. The average molecular weight is 253 g/mol. The molecule has 3 atom stereocenters. The third-order valence-electron chi connectivity index (χ3n) is 4.98. The molecule has 0 amide bonds. The molecule has 0 radical (unpaired) electrons. The number of carbonyl (C=O) groups is 1. The first-order valence-electron chi connectivity index (χ1n) is 7.69. The van der Waals surface area contributed by atoms with Crippen LogP contribution in [0.5, 0.6) is 0 Å². The first kappa shape index (κ1) is 13.9. The van der Waals surface area contributed by atoms with E-state index in [0.717, 1.165) is 38.3 Å². The number of hydrogen-bond donors (Lipinski definition) is 1. The summed E-state index contributed by atoms with van der Waals surface area (Å²) in [7, 11) is 0. The zero-order valence-electron chi connectivity index (χ0n) is 11.6. The van der Waals surface area contributed by atoms with Crippen LogP contribution >= 0.6 is 0 Å². The molecule has 1 saturated carbocycles. The van der Waals surface area contributed by atoms with Gasteiger partial charge in [-0.3, -0.25) is 9.69 Å². The van der Waals surface area contributed by atoms with Crippen LogP contribution in [0.15, 0.2) is 0 Å². The molecule has 1 aliphatic carbocycles. The molecule has 1 N–H and O–H groups in total. The van der Waals surface area contributed by atoms with Crippen LogP contribution < -0.4 is 0 Å². The van der Waals surface area contributed by atoms with Gasteiger partial charge >= 0.3 is 5.97 Å². The van der Waals surface area contributed by atoms with Gasteiger partial charge in [-0.25, -0.2) is 0 Å². The Bertz CT molecular complexity index is 280. The highest BCUT2D eigenvalue weighted by atomic mass is 16.4. The highest BCUT2D eigenvalue weighted by Gasteiger charge is 2.35. The van der Waals surface area contributed by atoms with Crippen LogP contribution in [-0.2, 0) is 4.79 Å². The minimum Gasteiger partial charge on any atom is -0.481 e. The van der Waals surface area contributed by atoms with Crippen LogP contribution in [0.25, 0.3) is 0 Å². The highest BCUT2D eigenvalue weighted by molar-refractivity contribution is 5.71. The van der Waals surface area contributed by atoms with Crippen molar-refractivity contribution in [2.24, 2.45) is 11.8 Å². The maximum absolute atomic E-state index is 11.4. The normalized spacial score (nSPS) is 35.1. The summed E-state index contributed by atoms with van der Waals surface area (Å²) < 4.78 is 0. The molecule has 2 rings (SSSR count). The standard InChI is InChI=1S/C15H27NO2/c1-2-12-6-5-10-16(11-9-12)14-8-4-3-7-13(14)15(17)18/h12-14H,2-11H2,1H3,(H,17,18). The third-order valence-corrected chi connectivity index (χ3v) is 4.98. The van der Waals surface area contributed by atoms with Gasteiger partial charge in [-0.15, -0.1) is 0 Å². The summed E-state index contributed by atoms with van der Waals surface area (Å²) in [6.45, 7) is 4.51. The van der Waals surface area contributed by atoms with E-state index in [0.29, 0.717) is 6.04 Å². The second kappa shape index (κ2) is 6.55. The van der Waals surface area contributed by atoms with Crippen molar-refractivity contribution in [3.8, 4) is 0 Å². The molecule has 2 aliphatic rings. The summed E-state index contributed by atoms with van der Waals surface area (Å²) in [5.74, 6) is 0.176. The van der Waals surface area contributed by atoms with Crippen LogP contribution in [0, 0.1) is 11.8 Å². The monoisotopic (exact) mass is 253 g/mol. The Labute approximate surface area is 111 Å². The summed E-state index contributed by atoms with van der Waals surface area (Å²) >= 11 is 0. The van der Waals surface area contributed by atoms with Crippen LogP contribution in [0.4, 0.5) is 0 Å². The van der Waals surface area contributed by atoms with Crippen molar-refractivity contribution in [3.05, 3.63) is 0 Å². The van der Waals surface area contributed by atoms with Gasteiger partial charge in [0.15, 0.2) is 0 Å². The van der Waals surface area contributed by atoms with Gasteiger partial charge in [-0.05, 0) is 51.1 Å². The predicted octanol–water partition coefficient (Wildman–Crippen LogP) is 3.14. The Hall–Kier alpha value is -0.570. The van der Waals surface area contributed by atoms with Gasteiger partial charge in [0.2, 0.25) is 0 Å². The summed E-state index contributed by atoms with van der Waals surface area (Å²) in [5, 5.41) is 9.38. The number of carboxylic acids is 1. The lowest BCUT2D eigenvalue weighted by Gasteiger charge is -2.37. The van der Waals surface area contributed by atoms with E-state index in [1.54, 1.807) is 0 Å². The number of aliphatic carboxylic acids is 1. The molecular weight excluding hydrogens is 226 g/mol. The number of nitrogens with zero attached hydrogens (tertiary/aromatic N) is 1. The Morgan fingerprint density at radius 3 is 2.61 bits per heavy atom. The molecule has 1 aliphatic heterocycles. The molecule has 3 unspecified atom stereocenters. The van der Waals surface area contributed by atoms with E-state index in [1.807, 2.05) is 0 Å². The summed E-state index contributed by atoms with van der Waals surface area (Å²) in [6, 6.07) is 0.312. The second-order valence-electron chi connectivity index (χ2n) is 6.04. The predicted molar refractivity (Wildman–Crippen MR) is 72.6 cm³/mol. The molecule has 0 aromatic rings. The summed E-state index contributed by atoms with van der Waals surface area (Å²) in [6.07, 6.45) is 9.40. The maximum atomic E-state index is 11.4. The highest BCUT2D eigenvalue weighted by Crippen LogP contribution is 2.31. The van der Waals surface area contributed by atoms with E-state index in [4.69, 9.17) is 0 Å². The first-order chi connectivity index (χ1) is 8.72. The van der Waals surface area contributed by atoms with Gasteiger partial charge in [0, 0.05) is 6.04 Å². The number of carboxylic acid groups (broad SMARTS) is 1. The van der Waals surface area contributed by atoms with Crippen molar-refractivity contribution in [3.63, 3.8) is 0 Å². The molecular formula is C15H27NO2. The molecule has 0 spiro atoms. The van der Waals surface area contributed by atoms with Crippen LogP contribution in [0.2, 0.25) is 0 Å². The smallest absolute Gasteiger partial charge is 0.308 e. The topological polar surface area (TPSA) is 40.5 Å². The lowest BCUT2D eigenvalue weighted by molar-refractivity contribution is -0.145. The molecule has 3 nitrogen and oxygen atoms in total. The van der Waals surface area contributed by atoms with Crippen molar-refractivity contribution >= 4 is 5.97 Å². The fourth-order valence-corrected chi connectivity index (χ4v) is 3.76. The molecule has 0 aromatic heterocycles. The lowest BCUT2D eigenvalue weighted by Crippen LogP contribution is -2.45. The molecule has 2 fully saturated rings. The quantitative estimate of drug-likeness (QED) is 0.840. The van der Waals surface area contributed by atoms with Gasteiger partial charge in [0.25, 0.3) is 0 Å². The fraction of sp³-hybridized carbons (Fsp3) is 0.933. The van der Waals surface area contributed by atoms with Gasteiger partial charge in [0.1, 0.15) is 0 Å². The van der Waals surface area contributed by atoms with E-state index in [1.165, 1.54) is 32.1 Å². The fourth-order valence-electron chi connectivity index (χ4n) is 3.76. The van der Waals surface area contributed by atoms with Crippen LogP contribution in [-0.4, -0.2) is 35.1 Å². The molecule has 1 heterocycles. The van der Waals surface area contributed by atoms with Crippen molar-refractivity contribution < 1.29 is 9.90 Å². The van der Waals surface area contributed by atoms with E-state index < -0.39 is 5.97 Å². The zero-order chi connectivity index (χ0) is 13.0. The van der Waals surface area contributed by atoms with Crippen molar-refractivity contribution in [2.45, 2.75) is 64.3 Å². The minimum atomic E-state index is -0.573. The molecule has 0 bridgehead atoms. The van der Waals surface area contributed by atoms with Gasteiger partial charge in [-0.2, -0.15) is 0 Å². The minimum absolute atomic E-state index is 0.114. The van der Waals surface area contributed by atoms with Crippen molar-refractivity contribution in [1.82, 2.24) is 4.90 Å². The van der Waals surface area contributed by atoms with Crippen LogP contribution in [0.1, 0.15) is 58.3 Å². The molecule has 1 saturated heterocycles. The molecule has 18 heavy (non-hydrogen) atoms. The Morgan fingerprint density at radius 2 is 1.89 bits per heavy atom. The molecule has 0 aromatic carbocycles. The summed E-state index contributed by atoms with van der Waals surface area (Å²) in [4.78, 5) is 13.9. The Morgan fingerprint density at radius 1 is 1.11 bits per heavy atom. The van der Waals surface area contributed by atoms with E-state index in [-0.39, 0.29) is 5.92 Å². The average Bonchev–Trinajstić information content (AvgIpc) is 2.63. The third kappa shape index (κ3) is 3.25. The van der Waals surface area contributed by atoms with E-state index in [2.05, 4.69) is 11.8 Å².